The molecule has 2 atom stereocenters. The highest BCUT2D eigenvalue weighted by atomic mass is 35.5. The summed E-state index contributed by atoms with van der Waals surface area (Å²) in [5.74, 6) is 1.09. The molecule has 0 bridgehead atoms. The van der Waals surface area contributed by atoms with E-state index in [1.165, 1.54) is 5.56 Å². The maximum atomic E-state index is 11.6. The summed E-state index contributed by atoms with van der Waals surface area (Å²) in [7, 11) is 0. The fraction of sp³-hybridized carbons (Fsp3) is 0.312. The first-order valence-corrected chi connectivity index (χ1v) is 7.10. The van der Waals surface area contributed by atoms with Crippen LogP contribution < -0.4 is 10.3 Å². The van der Waals surface area contributed by atoms with Gasteiger partial charge in [-0.3, -0.25) is 4.79 Å². The Hall–Kier alpha value is -1.74. The predicted octanol–water partition coefficient (Wildman–Crippen LogP) is 3.65. The molecule has 20 heavy (non-hydrogen) atoms. The summed E-state index contributed by atoms with van der Waals surface area (Å²) in [6.45, 7) is 4.22. The number of H-pyrrole nitrogens is 1. The molecule has 4 heteroatoms. The molecule has 1 aliphatic heterocycles. The van der Waals surface area contributed by atoms with Crippen LogP contribution in [0.1, 0.15) is 19.4 Å². The second-order valence-electron chi connectivity index (χ2n) is 5.38. The van der Waals surface area contributed by atoms with Crippen molar-refractivity contribution in [2.45, 2.75) is 26.4 Å². The van der Waals surface area contributed by atoms with Gasteiger partial charge in [-0.05, 0) is 42.5 Å². The molecule has 1 N–H and O–H groups in total. The van der Waals surface area contributed by atoms with Crippen molar-refractivity contribution in [3.63, 3.8) is 0 Å². The van der Waals surface area contributed by atoms with E-state index in [9.17, 15) is 4.79 Å². The molecule has 0 saturated heterocycles. The quantitative estimate of drug-likeness (QED) is 0.804. The van der Waals surface area contributed by atoms with Gasteiger partial charge >= 0.3 is 0 Å². The van der Waals surface area contributed by atoms with Crippen molar-refractivity contribution in [1.29, 1.82) is 0 Å². The number of pyridine rings is 1. The number of hydrogen-bond donors (Lipinski definition) is 1. The highest BCUT2D eigenvalue weighted by Gasteiger charge is 2.23. The fourth-order valence-electron chi connectivity index (χ4n) is 2.57. The summed E-state index contributed by atoms with van der Waals surface area (Å²) in [5, 5.41) is 0.663. The van der Waals surface area contributed by atoms with Crippen LogP contribution in [0, 0.1) is 5.92 Å². The van der Waals surface area contributed by atoms with E-state index in [2.05, 4.69) is 18.8 Å². The van der Waals surface area contributed by atoms with Gasteiger partial charge in [-0.2, -0.15) is 0 Å². The lowest BCUT2D eigenvalue weighted by Crippen LogP contribution is -2.25. The normalized spacial score (nSPS) is 21.1. The second-order valence-corrected chi connectivity index (χ2v) is 5.82. The van der Waals surface area contributed by atoms with E-state index in [4.69, 9.17) is 16.3 Å². The van der Waals surface area contributed by atoms with E-state index in [1.807, 2.05) is 18.2 Å². The zero-order valence-electron chi connectivity index (χ0n) is 11.4. The van der Waals surface area contributed by atoms with Crippen LogP contribution in [0.2, 0.25) is 5.02 Å². The van der Waals surface area contributed by atoms with Gasteiger partial charge in [0.05, 0.1) is 6.10 Å². The van der Waals surface area contributed by atoms with Gasteiger partial charge < -0.3 is 9.72 Å². The van der Waals surface area contributed by atoms with Crippen LogP contribution in [0.3, 0.4) is 0 Å². The number of rotatable bonds is 0. The fourth-order valence-corrected chi connectivity index (χ4v) is 2.75. The largest absolute Gasteiger partial charge is 0.488 e. The molecule has 2 heterocycles. The smallest absolute Gasteiger partial charge is 0.248 e. The number of benzene rings is 1. The number of halogens is 1. The van der Waals surface area contributed by atoms with Gasteiger partial charge in [0.25, 0.3) is 0 Å². The molecule has 104 valence electrons. The first kappa shape index (κ1) is 13.3. The van der Waals surface area contributed by atoms with Gasteiger partial charge in [0, 0.05) is 22.8 Å². The standard InChI is InChI=1S/C16H16ClNO2/c1-9-5-11-3-4-12(17)6-13(11)14-7-16(19)18-8-15(14)20-10(9)2/h3-4,6-10H,5H2,1-2H3,(H,18,19). The summed E-state index contributed by atoms with van der Waals surface area (Å²) < 4.78 is 5.99. The molecule has 3 nitrogen and oxygen atoms in total. The van der Waals surface area contributed by atoms with E-state index in [1.54, 1.807) is 12.3 Å². The molecule has 1 aromatic carbocycles. The average molecular weight is 290 g/mol. The zero-order chi connectivity index (χ0) is 14.3. The third-order valence-corrected chi connectivity index (χ3v) is 4.14. The minimum Gasteiger partial charge on any atom is -0.488 e. The van der Waals surface area contributed by atoms with Crippen molar-refractivity contribution in [1.82, 2.24) is 4.98 Å². The molecule has 0 spiro atoms. The molecule has 0 amide bonds. The zero-order valence-corrected chi connectivity index (χ0v) is 12.2. The molecule has 2 unspecified atom stereocenters. The van der Waals surface area contributed by atoms with Crippen molar-refractivity contribution in [3.8, 4) is 16.9 Å². The molecular weight excluding hydrogens is 274 g/mol. The lowest BCUT2D eigenvalue weighted by atomic mass is 9.89. The summed E-state index contributed by atoms with van der Waals surface area (Å²) in [6.07, 6.45) is 2.63. The Bertz CT molecular complexity index is 708. The number of aromatic amines is 1. The van der Waals surface area contributed by atoms with E-state index < -0.39 is 0 Å². The van der Waals surface area contributed by atoms with Crippen LogP contribution in [0.25, 0.3) is 11.1 Å². The molecule has 3 rings (SSSR count). The van der Waals surface area contributed by atoms with Gasteiger partial charge in [-0.1, -0.05) is 24.6 Å². The Kier molecular flexibility index (Phi) is 3.30. The summed E-state index contributed by atoms with van der Waals surface area (Å²) in [4.78, 5) is 14.3. The van der Waals surface area contributed by atoms with Gasteiger partial charge in [0.1, 0.15) is 5.75 Å². The molecule has 0 saturated carbocycles. The van der Waals surface area contributed by atoms with Crippen molar-refractivity contribution >= 4 is 11.6 Å². The maximum absolute atomic E-state index is 11.6. The minimum absolute atomic E-state index is 0.0866. The van der Waals surface area contributed by atoms with Crippen molar-refractivity contribution in [2.24, 2.45) is 5.92 Å². The number of ether oxygens (including phenoxy) is 1. The van der Waals surface area contributed by atoms with Crippen LogP contribution >= 0.6 is 11.6 Å². The van der Waals surface area contributed by atoms with E-state index in [0.717, 1.165) is 17.5 Å². The molecule has 2 aromatic rings. The number of fused-ring (bicyclic) bond motifs is 3. The highest BCUT2D eigenvalue weighted by Crippen LogP contribution is 2.37. The average Bonchev–Trinajstić information content (AvgIpc) is 2.41. The third kappa shape index (κ3) is 2.34. The van der Waals surface area contributed by atoms with Gasteiger partial charge in [-0.25, -0.2) is 0 Å². The molecule has 1 aliphatic rings. The van der Waals surface area contributed by atoms with Crippen LogP contribution in [-0.4, -0.2) is 11.1 Å². The van der Waals surface area contributed by atoms with Crippen molar-refractivity contribution in [2.75, 3.05) is 0 Å². The minimum atomic E-state index is -0.139. The Labute approximate surface area is 122 Å². The lowest BCUT2D eigenvalue weighted by molar-refractivity contribution is 0.159. The molecule has 0 aliphatic carbocycles. The molecular formula is C16H16ClNO2. The predicted molar refractivity (Wildman–Crippen MR) is 80.5 cm³/mol. The molecule has 1 aromatic heterocycles. The number of hydrogen-bond acceptors (Lipinski definition) is 2. The van der Waals surface area contributed by atoms with Crippen LogP contribution in [0.5, 0.6) is 5.75 Å². The second kappa shape index (κ2) is 4.98. The van der Waals surface area contributed by atoms with Gasteiger partial charge in [0.15, 0.2) is 0 Å². The SMILES string of the molecule is CC1Cc2ccc(Cl)cc2-c2cc(=O)[nH]cc2OC1C. The van der Waals surface area contributed by atoms with E-state index in [-0.39, 0.29) is 11.7 Å². The topological polar surface area (TPSA) is 42.1 Å². The summed E-state index contributed by atoms with van der Waals surface area (Å²) in [5.41, 5.74) is 2.85. The Morgan fingerprint density at radius 3 is 2.85 bits per heavy atom. The monoisotopic (exact) mass is 289 g/mol. The maximum Gasteiger partial charge on any atom is 0.248 e. The number of nitrogens with one attached hydrogen (secondary N) is 1. The Morgan fingerprint density at radius 1 is 1.25 bits per heavy atom. The molecule has 0 fully saturated rings. The highest BCUT2D eigenvalue weighted by molar-refractivity contribution is 6.30. The van der Waals surface area contributed by atoms with Gasteiger partial charge in [-0.15, -0.1) is 0 Å². The van der Waals surface area contributed by atoms with Crippen LogP contribution in [0.15, 0.2) is 35.3 Å². The van der Waals surface area contributed by atoms with Crippen LogP contribution in [-0.2, 0) is 6.42 Å². The van der Waals surface area contributed by atoms with Crippen molar-refractivity contribution in [3.05, 3.63) is 51.4 Å². The van der Waals surface area contributed by atoms with Crippen LogP contribution in [0.4, 0.5) is 0 Å². The Balaban J connectivity index is 2.28. The van der Waals surface area contributed by atoms with E-state index >= 15 is 0 Å². The first-order valence-electron chi connectivity index (χ1n) is 6.73. The Morgan fingerprint density at radius 2 is 2.05 bits per heavy atom. The lowest BCUT2D eigenvalue weighted by Gasteiger charge is -2.27. The van der Waals surface area contributed by atoms with Crippen molar-refractivity contribution < 1.29 is 4.74 Å². The van der Waals surface area contributed by atoms with Gasteiger partial charge in [0.2, 0.25) is 5.56 Å². The first-order chi connectivity index (χ1) is 9.54. The summed E-state index contributed by atoms with van der Waals surface area (Å²) >= 11 is 6.12. The third-order valence-electron chi connectivity index (χ3n) is 3.90. The number of aromatic nitrogens is 1. The summed E-state index contributed by atoms with van der Waals surface area (Å²) in [6, 6.07) is 7.42. The molecule has 0 radical (unpaired) electrons. The van der Waals surface area contributed by atoms with E-state index in [0.29, 0.717) is 16.7 Å².